The zero-order valence-corrected chi connectivity index (χ0v) is 25.2. The molecule has 1 aliphatic heterocycles. The topological polar surface area (TPSA) is 45.0 Å². The molecule has 0 spiro atoms. The minimum absolute atomic E-state index is 0.149. The van der Waals surface area contributed by atoms with Gasteiger partial charge in [-0.2, -0.15) is 0 Å². The average molecular weight is 616 g/mol. The van der Waals surface area contributed by atoms with Crippen molar-refractivity contribution in [3.63, 3.8) is 0 Å². The molecule has 1 fully saturated rings. The summed E-state index contributed by atoms with van der Waals surface area (Å²) < 4.78 is 4.75. The lowest BCUT2D eigenvalue weighted by atomic mass is 10.0. The number of thiophene rings is 2. The Morgan fingerprint density at radius 1 is 0.578 bits per heavy atom. The summed E-state index contributed by atoms with van der Waals surface area (Å²) in [5, 5.41) is 10.4. The van der Waals surface area contributed by atoms with Crippen molar-refractivity contribution in [2.24, 2.45) is 0 Å². The van der Waals surface area contributed by atoms with E-state index < -0.39 is 0 Å². The van der Waals surface area contributed by atoms with Crippen molar-refractivity contribution in [2.45, 2.75) is 0 Å². The summed E-state index contributed by atoms with van der Waals surface area (Å²) in [6.07, 6.45) is 1.77. The Hall–Kier alpha value is -5.50. The molecular weight excluding hydrogens is 595 g/mol. The third-order valence-electron chi connectivity index (χ3n) is 8.85. The molecule has 0 aliphatic carbocycles. The monoisotopic (exact) mass is 615 g/mol. The highest BCUT2D eigenvalue weighted by atomic mass is 32.1. The molecule has 5 nitrogen and oxygen atoms in total. The van der Waals surface area contributed by atoms with Crippen molar-refractivity contribution >= 4 is 110 Å². The molecule has 5 heterocycles. The molecule has 0 atom stereocenters. The number of hydrogen-bond acceptors (Lipinski definition) is 4. The van der Waals surface area contributed by atoms with E-state index in [1.54, 1.807) is 28.7 Å². The Balaban J connectivity index is 1.20. The number of carbonyl (C=O) groups is 2. The van der Waals surface area contributed by atoms with E-state index in [1.807, 2.05) is 60.7 Å². The van der Waals surface area contributed by atoms with Crippen LogP contribution >= 0.6 is 22.7 Å². The maximum atomic E-state index is 14.0. The second-order valence-electron chi connectivity index (χ2n) is 11.3. The third-order valence-corrected chi connectivity index (χ3v) is 11.2. The molecule has 2 amide bonds. The molecule has 0 unspecified atom stereocenters. The molecule has 0 saturated carbocycles. The van der Waals surface area contributed by atoms with Gasteiger partial charge >= 0.3 is 0 Å². The minimum atomic E-state index is -0.339. The minimum Gasteiger partial charge on any atom is -0.299 e. The summed E-state index contributed by atoms with van der Waals surface area (Å²) in [7, 11) is 0. The number of amides is 2. The van der Waals surface area contributed by atoms with E-state index in [9.17, 15) is 9.59 Å². The molecule has 10 rings (SSSR count). The number of carbonyl (C=O) groups excluding carboxylic acids is 2. The lowest BCUT2D eigenvalue weighted by molar-refractivity contribution is -0.116. The number of fused-ring (bicyclic) bond motifs is 8. The largest absolute Gasteiger partial charge is 0.299 e. The number of hydrazine groups is 1. The molecule has 9 aromatic rings. The number of para-hydroxylation sites is 3. The van der Waals surface area contributed by atoms with E-state index in [0.717, 1.165) is 9.58 Å². The van der Waals surface area contributed by atoms with Crippen LogP contribution in [0.25, 0.3) is 63.7 Å². The summed E-state index contributed by atoms with van der Waals surface area (Å²) >= 11 is 3.41. The lowest BCUT2D eigenvalue weighted by Crippen LogP contribution is -2.41. The van der Waals surface area contributed by atoms with Gasteiger partial charge in [0.25, 0.3) is 11.8 Å². The number of pyridine rings is 1. The van der Waals surface area contributed by atoms with Gasteiger partial charge in [-0.15, -0.1) is 22.7 Å². The van der Waals surface area contributed by atoms with Gasteiger partial charge in [0.1, 0.15) is 10.4 Å². The van der Waals surface area contributed by atoms with E-state index in [0.29, 0.717) is 11.4 Å². The number of hydrogen-bond donors (Lipinski definition) is 0. The standard InChI is InChI=1S/C38H21N3O2S2/c42-36-29(37(43)41(24-13-5-2-6-14-24)40(36)23-11-3-1-4-12-23)20-25-21-31-35(44-25)33-28-16-9-10-22-18-19-27-26-15-7-8-17-30(26)39(38(33)45-31)34(27)32(22)28/h1-21H. The van der Waals surface area contributed by atoms with E-state index >= 15 is 0 Å². The van der Waals surface area contributed by atoms with Crippen LogP contribution in [0.4, 0.5) is 11.4 Å². The molecular formula is C38H21N3O2S2. The van der Waals surface area contributed by atoms with Gasteiger partial charge in [0.2, 0.25) is 0 Å². The van der Waals surface area contributed by atoms with Crippen molar-refractivity contribution in [1.82, 2.24) is 4.40 Å². The maximum Gasteiger partial charge on any atom is 0.283 e. The van der Waals surface area contributed by atoms with Crippen molar-refractivity contribution in [3.05, 3.63) is 132 Å². The van der Waals surface area contributed by atoms with Crippen LogP contribution in [0, 0.1) is 0 Å². The van der Waals surface area contributed by atoms with Gasteiger partial charge < -0.3 is 0 Å². The van der Waals surface area contributed by atoms with Crippen LogP contribution in [-0.2, 0) is 9.59 Å². The number of anilines is 2. The number of rotatable bonds is 3. The van der Waals surface area contributed by atoms with Gasteiger partial charge in [-0.3, -0.25) is 14.0 Å². The van der Waals surface area contributed by atoms with Crippen LogP contribution in [0.15, 0.2) is 127 Å². The normalized spacial score (nSPS) is 14.2. The number of nitrogens with zero attached hydrogens (tertiary/aromatic N) is 3. The number of benzene rings is 5. The van der Waals surface area contributed by atoms with Crippen molar-refractivity contribution in [1.29, 1.82) is 0 Å². The fraction of sp³-hybridized carbons (Fsp3) is 0. The Bertz CT molecular complexity index is 2640. The van der Waals surface area contributed by atoms with E-state index in [4.69, 9.17) is 0 Å². The third kappa shape index (κ3) is 3.31. The first-order chi connectivity index (χ1) is 22.2. The highest BCUT2D eigenvalue weighted by molar-refractivity contribution is 7.33. The van der Waals surface area contributed by atoms with Gasteiger partial charge in [-0.05, 0) is 53.2 Å². The van der Waals surface area contributed by atoms with Gasteiger partial charge in [0.05, 0.1) is 27.1 Å². The summed E-state index contributed by atoms with van der Waals surface area (Å²) in [6, 6.07) is 40.4. The number of aromatic nitrogens is 1. The second-order valence-corrected chi connectivity index (χ2v) is 13.4. The first-order valence-electron chi connectivity index (χ1n) is 14.7. The Morgan fingerprint density at radius 3 is 1.98 bits per heavy atom. The van der Waals surface area contributed by atoms with Crippen molar-refractivity contribution < 1.29 is 9.59 Å². The molecule has 212 valence electrons. The summed E-state index contributed by atoms with van der Waals surface area (Å²) in [4.78, 5) is 30.0. The van der Waals surface area contributed by atoms with Crippen LogP contribution in [0.5, 0.6) is 0 Å². The summed E-state index contributed by atoms with van der Waals surface area (Å²) in [6.45, 7) is 0. The molecule has 0 radical (unpaired) electrons. The molecule has 4 aromatic heterocycles. The molecule has 1 saturated heterocycles. The average Bonchev–Trinajstić information content (AvgIpc) is 3.80. The summed E-state index contributed by atoms with van der Waals surface area (Å²) in [5.74, 6) is -0.678. The smallest absolute Gasteiger partial charge is 0.283 e. The van der Waals surface area contributed by atoms with Gasteiger partial charge in [0, 0.05) is 31.1 Å². The zero-order chi connectivity index (χ0) is 29.8. The Kier molecular flexibility index (Phi) is 4.99. The molecule has 0 bridgehead atoms. The predicted octanol–water partition coefficient (Wildman–Crippen LogP) is 9.64. The van der Waals surface area contributed by atoms with Gasteiger partial charge in [-0.25, -0.2) is 10.0 Å². The van der Waals surface area contributed by atoms with E-state index in [-0.39, 0.29) is 17.4 Å². The molecule has 0 N–H and O–H groups in total. The quantitative estimate of drug-likeness (QED) is 0.147. The van der Waals surface area contributed by atoms with Crippen molar-refractivity contribution in [2.75, 3.05) is 10.0 Å². The predicted molar refractivity (Wildman–Crippen MR) is 188 cm³/mol. The maximum absolute atomic E-state index is 14.0. The highest BCUT2D eigenvalue weighted by Crippen LogP contribution is 2.48. The molecule has 5 aromatic carbocycles. The van der Waals surface area contributed by atoms with Crippen LogP contribution in [0.3, 0.4) is 0 Å². The highest BCUT2D eigenvalue weighted by Gasteiger charge is 2.43. The fourth-order valence-corrected chi connectivity index (χ4v) is 9.61. The molecule has 1 aliphatic rings. The Morgan fingerprint density at radius 2 is 1.24 bits per heavy atom. The van der Waals surface area contributed by atoms with Crippen LogP contribution in [0.1, 0.15) is 4.88 Å². The SMILES string of the molecule is O=C1C(=Cc2cc3sc4c(c5cccc6ccc7c8ccccc8n4c7c65)c3s2)C(=O)N(c2ccccc2)N1c1ccccc1. The first-order valence-corrected chi connectivity index (χ1v) is 16.3. The van der Waals surface area contributed by atoms with Crippen molar-refractivity contribution in [3.8, 4) is 0 Å². The van der Waals surface area contributed by atoms with E-state index in [2.05, 4.69) is 65.1 Å². The van der Waals surface area contributed by atoms with Crippen LogP contribution < -0.4 is 10.0 Å². The second kappa shape index (κ2) is 9.01. The fourth-order valence-electron chi connectivity index (χ4n) is 6.98. The lowest BCUT2D eigenvalue weighted by Gasteiger charge is -2.27. The van der Waals surface area contributed by atoms with Gasteiger partial charge in [-0.1, -0.05) is 84.9 Å². The first kappa shape index (κ1) is 24.9. The Labute approximate surface area is 264 Å². The summed E-state index contributed by atoms with van der Waals surface area (Å²) in [5.41, 5.74) is 3.90. The zero-order valence-electron chi connectivity index (χ0n) is 23.6. The van der Waals surface area contributed by atoms with Crippen LogP contribution in [-0.4, -0.2) is 16.2 Å². The molecule has 7 heteroatoms. The molecule has 45 heavy (non-hydrogen) atoms. The van der Waals surface area contributed by atoms with E-state index in [1.165, 1.54) is 62.9 Å². The van der Waals surface area contributed by atoms with Gasteiger partial charge in [0.15, 0.2) is 0 Å². The van der Waals surface area contributed by atoms with Crippen LogP contribution in [0.2, 0.25) is 0 Å².